The average molecular weight is 352 g/mol. The van der Waals surface area contributed by atoms with Gasteiger partial charge in [-0.05, 0) is 43.9 Å². The van der Waals surface area contributed by atoms with E-state index in [1.54, 1.807) is 0 Å². The highest BCUT2D eigenvalue weighted by atomic mass is 32.2. The van der Waals surface area contributed by atoms with Crippen LogP contribution in [0.25, 0.3) is 0 Å². The molecule has 2 saturated heterocycles. The molecule has 2 fully saturated rings. The van der Waals surface area contributed by atoms with Crippen LogP contribution in [0.1, 0.15) is 37.7 Å². The lowest BCUT2D eigenvalue weighted by molar-refractivity contribution is -0.274. The third-order valence-electron chi connectivity index (χ3n) is 4.51. The normalized spacial score (nSPS) is 34.2. The molecule has 2 bridgehead atoms. The molecule has 2 aliphatic heterocycles. The summed E-state index contributed by atoms with van der Waals surface area (Å²) in [5.41, 5.74) is -1.83. The number of hydrogen-bond donors (Lipinski definition) is 1. The first kappa shape index (κ1) is 16.7. The zero-order valence-corrected chi connectivity index (χ0v) is 12.9. The maximum Gasteiger partial charge on any atom is 0.573 e. The Morgan fingerprint density at radius 2 is 1.83 bits per heavy atom. The summed E-state index contributed by atoms with van der Waals surface area (Å²) in [4.78, 5) is 0. The third kappa shape index (κ3) is 3.38. The van der Waals surface area contributed by atoms with Crippen molar-refractivity contribution >= 4 is 10.8 Å². The Bertz CT molecular complexity index is 616. The van der Waals surface area contributed by atoms with Crippen LogP contribution < -0.4 is 4.74 Å². The molecule has 2 unspecified atom stereocenters. The molecule has 1 aromatic carbocycles. The molecule has 0 saturated carbocycles. The highest BCUT2D eigenvalue weighted by Crippen LogP contribution is 2.45. The predicted octanol–water partition coefficient (Wildman–Crippen LogP) is 3.38. The van der Waals surface area contributed by atoms with Crippen molar-refractivity contribution in [3.05, 3.63) is 29.6 Å². The van der Waals surface area contributed by atoms with E-state index in [1.165, 1.54) is 0 Å². The van der Waals surface area contributed by atoms with Crippen molar-refractivity contribution in [2.45, 2.75) is 54.6 Å². The highest BCUT2D eigenvalue weighted by molar-refractivity contribution is 7.86. The van der Waals surface area contributed by atoms with E-state index in [9.17, 15) is 26.9 Å². The molecule has 2 aliphatic rings. The van der Waals surface area contributed by atoms with Crippen molar-refractivity contribution in [3.8, 4) is 5.75 Å². The minimum Gasteiger partial charge on any atom is -0.406 e. The molecule has 0 aromatic heterocycles. The number of fused-ring (bicyclic) bond motifs is 2. The topological polar surface area (TPSA) is 46.5 Å². The van der Waals surface area contributed by atoms with Crippen molar-refractivity contribution in [2.75, 3.05) is 0 Å². The number of hydrogen-bond acceptors (Lipinski definition) is 3. The highest BCUT2D eigenvalue weighted by Gasteiger charge is 2.47. The molecular weight excluding hydrogens is 336 g/mol. The minimum atomic E-state index is -4.89. The van der Waals surface area contributed by atoms with Crippen LogP contribution in [-0.4, -0.2) is 26.2 Å². The zero-order chi connectivity index (χ0) is 16.8. The van der Waals surface area contributed by atoms with Crippen LogP contribution in [0.5, 0.6) is 5.75 Å². The summed E-state index contributed by atoms with van der Waals surface area (Å²) in [6.45, 7) is 0. The number of benzene rings is 1. The van der Waals surface area contributed by atoms with Gasteiger partial charge in [0.05, 0.1) is 5.60 Å². The van der Waals surface area contributed by atoms with Crippen LogP contribution in [0.3, 0.4) is 0 Å². The molecule has 0 amide bonds. The molecule has 1 N–H and O–H groups in total. The third-order valence-corrected chi connectivity index (χ3v) is 6.63. The Hall–Kier alpha value is -1.15. The largest absolute Gasteiger partial charge is 0.573 e. The average Bonchev–Trinajstić information content (AvgIpc) is 2.41. The molecule has 0 aliphatic carbocycles. The van der Waals surface area contributed by atoms with Gasteiger partial charge in [-0.25, -0.2) is 4.39 Å². The van der Waals surface area contributed by atoms with Gasteiger partial charge < -0.3 is 9.84 Å². The number of rotatable bonds is 2. The summed E-state index contributed by atoms with van der Waals surface area (Å²) in [5.74, 6) is -1.35. The molecule has 1 aromatic rings. The van der Waals surface area contributed by atoms with Gasteiger partial charge >= 0.3 is 6.36 Å². The van der Waals surface area contributed by atoms with Gasteiger partial charge in [0.15, 0.2) is 0 Å². The van der Waals surface area contributed by atoms with E-state index in [0.29, 0.717) is 12.8 Å². The summed E-state index contributed by atoms with van der Waals surface area (Å²) < 4.78 is 67.1. The first-order valence-electron chi connectivity index (χ1n) is 7.35. The minimum absolute atomic E-state index is 0.0858. The summed E-state index contributed by atoms with van der Waals surface area (Å²) in [7, 11) is -1.08. The molecule has 8 heteroatoms. The maximum atomic E-state index is 14.1. The van der Waals surface area contributed by atoms with Crippen molar-refractivity contribution in [3.63, 3.8) is 0 Å². The van der Waals surface area contributed by atoms with Gasteiger partial charge in [0.25, 0.3) is 0 Å². The SMILES string of the molecule is O=S1C2CCCC1CC(O)(c1cc(OC(F)(F)F)ccc1F)C2. The van der Waals surface area contributed by atoms with Crippen LogP contribution in [-0.2, 0) is 16.4 Å². The van der Waals surface area contributed by atoms with E-state index in [0.717, 1.165) is 24.6 Å². The monoisotopic (exact) mass is 352 g/mol. The van der Waals surface area contributed by atoms with Crippen LogP contribution in [0.4, 0.5) is 17.6 Å². The second-order valence-electron chi connectivity index (χ2n) is 6.13. The number of ether oxygens (including phenoxy) is 1. The molecule has 0 spiro atoms. The van der Waals surface area contributed by atoms with Crippen molar-refractivity contribution < 1.29 is 31.6 Å². The Balaban J connectivity index is 1.94. The Labute approximate surface area is 133 Å². The first-order chi connectivity index (χ1) is 10.7. The lowest BCUT2D eigenvalue weighted by atomic mass is 9.80. The maximum absolute atomic E-state index is 14.1. The van der Waals surface area contributed by atoms with Gasteiger partial charge in [-0.2, -0.15) is 0 Å². The van der Waals surface area contributed by atoms with Gasteiger partial charge in [-0.15, -0.1) is 13.2 Å². The van der Waals surface area contributed by atoms with Crippen molar-refractivity contribution in [1.29, 1.82) is 0 Å². The van der Waals surface area contributed by atoms with Gasteiger partial charge in [-0.3, -0.25) is 4.21 Å². The lowest BCUT2D eigenvalue weighted by Crippen LogP contribution is -2.47. The fourth-order valence-corrected chi connectivity index (χ4v) is 5.78. The van der Waals surface area contributed by atoms with E-state index in [-0.39, 0.29) is 28.9 Å². The first-order valence-corrected chi connectivity index (χ1v) is 8.63. The number of halogens is 4. The molecule has 2 heterocycles. The quantitative estimate of drug-likeness (QED) is 0.830. The predicted molar refractivity (Wildman–Crippen MR) is 75.8 cm³/mol. The van der Waals surface area contributed by atoms with Gasteiger partial charge in [0, 0.05) is 26.9 Å². The molecule has 23 heavy (non-hydrogen) atoms. The summed E-state index contributed by atoms with van der Waals surface area (Å²) in [6, 6.07) is 2.63. The molecule has 3 rings (SSSR count). The molecule has 2 atom stereocenters. The van der Waals surface area contributed by atoms with E-state index in [1.807, 2.05) is 0 Å². The molecular formula is C15H16F4O3S. The van der Waals surface area contributed by atoms with Crippen molar-refractivity contribution in [1.82, 2.24) is 0 Å². The molecule has 3 nitrogen and oxygen atoms in total. The van der Waals surface area contributed by atoms with Crippen LogP contribution in [0.15, 0.2) is 18.2 Å². The second kappa shape index (κ2) is 5.73. The summed E-state index contributed by atoms with van der Waals surface area (Å²) in [6.07, 6.45) is -2.47. The fourth-order valence-electron chi connectivity index (χ4n) is 3.56. The zero-order valence-electron chi connectivity index (χ0n) is 12.1. The molecule has 128 valence electrons. The molecule has 0 radical (unpaired) electrons. The summed E-state index contributed by atoms with van der Waals surface area (Å²) in [5, 5.41) is 10.4. The van der Waals surface area contributed by atoms with Crippen molar-refractivity contribution in [2.24, 2.45) is 0 Å². The van der Waals surface area contributed by atoms with Crippen LogP contribution >= 0.6 is 0 Å². The summed E-state index contributed by atoms with van der Waals surface area (Å²) >= 11 is 0. The van der Waals surface area contributed by atoms with E-state index in [2.05, 4.69) is 4.74 Å². The van der Waals surface area contributed by atoms with Gasteiger partial charge in [0.2, 0.25) is 0 Å². The Morgan fingerprint density at radius 3 is 2.39 bits per heavy atom. The smallest absolute Gasteiger partial charge is 0.406 e. The van der Waals surface area contributed by atoms with E-state index < -0.39 is 34.3 Å². The standard InChI is InChI=1S/C15H16F4O3S/c16-13-5-4-9(22-15(17,18)19)6-12(13)14(20)7-10-2-1-3-11(8-14)23(10)21/h4-6,10-11,20H,1-3,7-8H2. The second-order valence-corrected chi connectivity index (χ2v) is 8.12. The fraction of sp³-hybridized carbons (Fsp3) is 0.600. The lowest BCUT2D eigenvalue weighted by Gasteiger charge is -2.43. The van der Waals surface area contributed by atoms with Crippen LogP contribution in [0, 0.1) is 5.82 Å². The van der Waals surface area contributed by atoms with Gasteiger partial charge in [-0.1, -0.05) is 6.42 Å². The van der Waals surface area contributed by atoms with E-state index >= 15 is 0 Å². The van der Waals surface area contributed by atoms with Crippen LogP contribution in [0.2, 0.25) is 0 Å². The number of aliphatic hydroxyl groups is 1. The Kier molecular flexibility index (Phi) is 4.16. The van der Waals surface area contributed by atoms with Gasteiger partial charge in [0.1, 0.15) is 11.6 Å². The Morgan fingerprint density at radius 1 is 1.22 bits per heavy atom. The number of alkyl halides is 3. The van der Waals surface area contributed by atoms with E-state index in [4.69, 9.17) is 0 Å².